The minimum Gasteiger partial charge on any atom is -0.507 e. The highest BCUT2D eigenvalue weighted by atomic mass is 19.1. The van der Waals surface area contributed by atoms with E-state index in [1.165, 1.54) is 6.07 Å². The van der Waals surface area contributed by atoms with Crippen LogP contribution in [0.3, 0.4) is 0 Å². The van der Waals surface area contributed by atoms with E-state index in [2.05, 4.69) is 5.32 Å². The second-order valence-electron chi connectivity index (χ2n) is 3.56. The molecule has 1 unspecified atom stereocenters. The Morgan fingerprint density at radius 3 is 2.81 bits per heavy atom. The summed E-state index contributed by atoms with van der Waals surface area (Å²) in [5, 5.41) is 20.8. The number of aliphatic hydroxyl groups is 1. The Kier molecular flexibility index (Phi) is 4.25. The normalized spacial score (nSPS) is 12.2. The number of aromatic hydroxyl groups is 1. The molecule has 1 rings (SSSR count). The lowest BCUT2D eigenvalue weighted by atomic mass is 10.2. The van der Waals surface area contributed by atoms with Crippen LogP contribution in [0.1, 0.15) is 23.7 Å². The predicted molar refractivity (Wildman–Crippen MR) is 56.7 cm³/mol. The molecule has 1 atom stereocenters. The lowest BCUT2D eigenvalue weighted by Gasteiger charge is -2.07. The summed E-state index contributed by atoms with van der Waals surface area (Å²) in [4.78, 5) is 11.5. The second-order valence-corrected chi connectivity index (χ2v) is 3.56. The van der Waals surface area contributed by atoms with Crippen molar-refractivity contribution in [1.29, 1.82) is 0 Å². The van der Waals surface area contributed by atoms with Crippen LogP contribution in [0.25, 0.3) is 0 Å². The van der Waals surface area contributed by atoms with Crippen LogP contribution in [0.15, 0.2) is 18.2 Å². The zero-order chi connectivity index (χ0) is 12.1. The number of nitrogens with one attached hydrogen (secondary N) is 1. The molecule has 4 nitrogen and oxygen atoms in total. The molecule has 0 bridgehead atoms. The van der Waals surface area contributed by atoms with Crippen molar-refractivity contribution in [3.8, 4) is 5.75 Å². The number of aliphatic hydroxyl groups excluding tert-OH is 1. The molecule has 0 heterocycles. The lowest BCUT2D eigenvalue weighted by molar-refractivity contribution is 0.0943. The van der Waals surface area contributed by atoms with Crippen molar-refractivity contribution in [2.45, 2.75) is 19.4 Å². The maximum atomic E-state index is 12.6. The zero-order valence-corrected chi connectivity index (χ0v) is 8.90. The van der Waals surface area contributed by atoms with Crippen molar-refractivity contribution in [3.05, 3.63) is 29.6 Å². The fourth-order valence-corrected chi connectivity index (χ4v) is 1.19. The van der Waals surface area contributed by atoms with Gasteiger partial charge in [-0.2, -0.15) is 0 Å². The topological polar surface area (TPSA) is 69.6 Å². The number of benzene rings is 1. The molecule has 0 saturated heterocycles. The van der Waals surface area contributed by atoms with Crippen molar-refractivity contribution in [3.63, 3.8) is 0 Å². The zero-order valence-electron chi connectivity index (χ0n) is 8.90. The van der Waals surface area contributed by atoms with Gasteiger partial charge in [-0.05, 0) is 25.5 Å². The lowest BCUT2D eigenvalue weighted by Crippen LogP contribution is -2.26. The fraction of sp³-hybridized carbons (Fsp3) is 0.364. The average Bonchev–Trinajstić information content (AvgIpc) is 2.16. The number of carbonyl (C=O) groups excluding carboxylic acids is 1. The van der Waals surface area contributed by atoms with Gasteiger partial charge >= 0.3 is 0 Å². The number of amides is 1. The third-order valence-electron chi connectivity index (χ3n) is 2.05. The van der Waals surface area contributed by atoms with E-state index in [0.717, 1.165) is 12.1 Å². The van der Waals surface area contributed by atoms with Crippen molar-refractivity contribution in [2.75, 3.05) is 6.54 Å². The number of hydrogen-bond donors (Lipinski definition) is 3. The van der Waals surface area contributed by atoms with Gasteiger partial charge in [0, 0.05) is 12.6 Å². The molecule has 88 valence electrons. The summed E-state index contributed by atoms with van der Waals surface area (Å²) in [6, 6.07) is 3.19. The van der Waals surface area contributed by atoms with Gasteiger partial charge in [-0.15, -0.1) is 0 Å². The Labute approximate surface area is 92.7 Å². The summed E-state index contributed by atoms with van der Waals surface area (Å²) in [6.07, 6.45) is -0.0737. The summed E-state index contributed by atoms with van der Waals surface area (Å²) in [6.45, 7) is 1.91. The van der Waals surface area contributed by atoms with Gasteiger partial charge in [0.15, 0.2) is 0 Å². The molecule has 0 saturated carbocycles. The van der Waals surface area contributed by atoms with E-state index in [1.54, 1.807) is 6.92 Å². The Morgan fingerprint density at radius 1 is 1.56 bits per heavy atom. The summed E-state index contributed by atoms with van der Waals surface area (Å²) < 4.78 is 12.6. The van der Waals surface area contributed by atoms with Crippen molar-refractivity contribution in [1.82, 2.24) is 5.32 Å². The third kappa shape index (κ3) is 3.51. The molecule has 0 aliphatic carbocycles. The Morgan fingerprint density at radius 2 is 2.25 bits per heavy atom. The Balaban J connectivity index is 2.59. The highest BCUT2D eigenvalue weighted by molar-refractivity contribution is 5.96. The molecule has 16 heavy (non-hydrogen) atoms. The molecular formula is C11H14FNO3. The van der Waals surface area contributed by atoms with E-state index < -0.39 is 23.6 Å². The van der Waals surface area contributed by atoms with Gasteiger partial charge in [-0.1, -0.05) is 0 Å². The number of halogens is 1. The van der Waals surface area contributed by atoms with Gasteiger partial charge in [0.25, 0.3) is 5.91 Å². The first-order valence-electron chi connectivity index (χ1n) is 4.95. The van der Waals surface area contributed by atoms with Crippen LogP contribution in [0.5, 0.6) is 5.75 Å². The Bertz CT molecular complexity index is 379. The quantitative estimate of drug-likeness (QED) is 0.719. The van der Waals surface area contributed by atoms with E-state index in [-0.39, 0.29) is 5.56 Å². The second kappa shape index (κ2) is 5.46. The number of phenols is 1. The van der Waals surface area contributed by atoms with Crippen molar-refractivity contribution >= 4 is 5.91 Å². The summed E-state index contributed by atoms with van der Waals surface area (Å²) in [5.41, 5.74) is 0.0204. The van der Waals surface area contributed by atoms with Gasteiger partial charge in [-0.3, -0.25) is 4.79 Å². The highest BCUT2D eigenvalue weighted by Crippen LogP contribution is 2.17. The molecule has 0 spiro atoms. The number of rotatable bonds is 4. The van der Waals surface area contributed by atoms with Gasteiger partial charge in [0.1, 0.15) is 11.6 Å². The maximum Gasteiger partial charge on any atom is 0.255 e. The van der Waals surface area contributed by atoms with E-state index in [9.17, 15) is 14.3 Å². The maximum absolute atomic E-state index is 12.6. The van der Waals surface area contributed by atoms with Crippen molar-refractivity contribution in [2.24, 2.45) is 0 Å². The van der Waals surface area contributed by atoms with Crippen LogP contribution in [-0.4, -0.2) is 28.8 Å². The molecule has 1 aromatic rings. The number of hydrogen-bond acceptors (Lipinski definition) is 3. The molecule has 5 heteroatoms. The molecule has 1 amide bonds. The van der Waals surface area contributed by atoms with Crippen molar-refractivity contribution < 1.29 is 19.4 Å². The first kappa shape index (κ1) is 12.4. The van der Waals surface area contributed by atoms with Gasteiger partial charge in [0.05, 0.1) is 11.7 Å². The minimum absolute atomic E-state index is 0.0204. The standard InChI is InChI=1S/C11H14FNO3/c1-7(14)4-5-13-11(16)9-3-2-8(12)6-10(9)15/h2-3,6-7,14-15H,4-5H2,1H3,(H,13,16). The molecule has 3 N–H and O–H groups in total. The molecule has 0 aromatic heterocycles. The molecule has 0 fully saturated rings. The summed E-state index contributed by atoms with van der Waals surface area (Å²) >= 11 is 0. The predicted octanol–water partition coefficient (Wildman–Crippen LogP) is 1.03. The van der Waals surface area contributed by atoms with Gasteiger partial charge < -0.3 is 15.5 Å². The van der Waals surface area contributed by atoms with Crippen LogP contribution in [0, 0.1) is 5.82 Å². The van der Waals surface area contributed by atoms with Gasteiger partial charge in [0.2, 0.25) is 0 Å². The smallest absolute Gasteiger partial charge is 0.255 e. The monoisotopic (exact) mass is 227 g/mol. The van der Waals surface area contributed by atoms with Gasteiger partial charge in [-0.25, -0.2) is 4.39 Å². The number of phenolic OH excluding ortho intramolecular Hbond substituents is 1. The van der Waals surface area contributed by atoms with Crippen LogP contribution in [-0.2, 0) is 0 Å². The van der Waals surface area contributed by atoms with E-state index >= 15 is 0 Å². The molecule has 1 aromatic carbocycles. The van der Waals surface area contributed by atoms with E-state index in [0.29, 0.717) is 13.0 Å². The van der Waals surface area contributed by atoms with Crippen LogP contribution < -0.4 is 5.32 Å². The SMILES string of the molecule is CC(O)CCNC(=O)c1ccc(F)cc1O. The number of carbonyl (C=O) groups is 1. The van der Waals surface area contributed by atoms with Crippen LogP contribution in [0.4, 0.5) is 4.39 Å². The summed E-state index contributed by atoms with van der Waals surface area (Å²) in [7, 11) is 0. The molecular weight excluding hydrogens is 213 g/mol. The highest BCUT2D eigenvalue weighted by Gasteiger charge is 2.11. The molecule has 0 aliphatic rings. The van der Waals surface area contributed by atoms with E-state index in [4.69, 9.17) is 5.11 Å². The van der Waals surface area contributed by atoms with E-state index in [1.807, 2.05) is 0 Å². The first-order valence-corrected chi connectivity index (χ1v) is 4.95. The minimum atomic E-state index is -0.599. The average molecular weight is 227 g/mol. The largest absolute Gasteiger partial charge is 0.507 e. The molecule has 0 radical (unpaired) electrons. The fourth-order valence-electron chi connectivity index (χ4n) is 1.19. The molecule has 0 aliphatic heterocycles. The third-order valence-corrected chi connectivity index (χ3v) is 2.05. The first-order chi connectivity index (χ1) is 7.50. The van der Waals surface area contributed by atoms with Crippen LogP contribution >= 0.6 is 0 Å². The van der Waals surface area contributed by atoms with Crippen LogP contribution in [0.2, 0.25) is 0 Å². The summed E-state index contributed by atoms with van der Waals surface area (Å²) in [5.74, 6) is -1.48. The Hall–Kier alpha value is -1.62.